The molecule has 4 aromatic rings. The first-order chi connectivity index (χ1) is 13.4. The van der Waals surface area contributed by atoms with E-state index in [1.165, 1.54) is 10.9 Å². The van der Waals surface area contributed by atoms with Crippen LogP contribution in [-0.2, 0) is 11.2 Å². The largest absolute Gasteiger partial charge is 0.379 e. The summed E-state index contributed by atoms with van der Waals surface area (Å²) in [5.41, 5.74) is 5.22. The number of hydrogen-bond donors (Lipinski definition) is 2. The van der Waals surface area contributed by atoms with Crippen molar-refractivity contribution in [3.8, 4) is 11.4 Å². The quantitative estimate of drug-likeness (QED) is 0.572. The number of para-hydroxylation sites is 1. The average molecular weight is 361 g/mol. The van der Waals surface area contributed by atoms with Crippen LogP contribution >= 0.6 is 0 Å². The molecule has 1 fully saturated rings. The molecule has 0 radical (unpaired) electrons. The second kappa shape index (κ2) is 7.13. The first-order valence-corrected chi connectivity index (χ1v) is 9.58. The van der Waals surface area contributed by atoms with Gasteiger partial charge in [-0.2, -0.15) is 0 Å². The van der Waals surface area contributed by atoms with Crippen molar-refractivity contribution in [3.63, 3.8) is 0 Å². The topological polar surface area (TPSA) is 69.8 Å². The fourth-order valence-corrected chi connectivity index (χ4v) is 3.81. The third kappa shape index (κ3) is 3.34. The molecule has 0 spiro atoms. The molecule has 2 N–H and O–H groups in total. The smallest absolute Gasteiger partial charge is 0.178 e. The Balaban J connectivity index is 1.34. The minimum Gasteiger partial charge on any atom is -0.379 e. The van der Waals surface area contributed by atoms with Gasteiger partial charge >= 0.3 is 0 Å². The minimum atomic E-state index is 0.771. The molecule has 6 heteroatoms. The molecule has 1 aliphatic rings. The summed E-state index contributed by atoms with van der Waals surface area (Å²) in [6.45, 7) is 4.93. The van der Waals surface area contributed by atoms with E-state index < -0.39 is 0 Å². The Morgan fingerprint density at radius 1 is 1.11 bits per heavy atom. The molecule has 4 heterocycles. The average Bonchev–Trinajstić information content (AvgIpc) is 3.32. The second-order valence-corrected chi connectivity index (χ2v) is 7.11. The summed E-state index contributed by atoms with van der Waals surface area (Å²) < 4.78 is 5.41. The van der Waals surface area contributed by atoms with Gasteiger partial charge < -0.3 is 14.7 Å². The van der Waals surface area contributed by atoms with Crippen LogP contribution in [0.2, 0.25) is 0 Å². The van der Waals surface area contributed by atoms with Crippen LogP contribution in [0.3, 0.4) is 0 Å². The number of ether oxygens (including phenoxy) is 1. The van der Waals surface area contributed by atoms with Crippen molar-refractivity contribution in [2.75, 3.05) is 32.8 Å². The SMILES string of the molecule is c1ccc2c(-c3nc4ncc(CCCN5CCOCC5)cc4[nH]3)c[nH]c2c1. The van der Waals surface area contributed by atoms with E-state index in [1.54, 1.807) is 0 Å². The van der Waals surface area contributed by atoms with Crippen LogP contribution in [0.25, 0.3) is 33.5 Å². The Hall–Kier alpha value is -2.70. The Labute approximate surface area is 157 Å². The molecule has 1 saturated heterocycles. The maximum atomic E-state index is 5.41. The fourth-order valence-electron chi connectivity index (χ4n) is 3.81. The second-order valence-electron chi connectivity index (χ2n) is 7.11. The molecule has 0 aliphatic carbocycles. The molecule has 1 aromatic carbocycles. The van der Waals surface area contributed by atoms with Gasteiger partial charge in [-0.3, -0.25) is 4.90 Å². The van der Waals surface area contributed by atoms with Crippen molar-refractivity contribution >= 4 is 22.1 Å². The van der Waals surface area contributed by atoms with Gasteiger partial charge in [0.2, 0.25) is 0 Å². The Morgan fingerprint density at radius 3 is 2.93 bits per heavy atom. The summed E-state index contributed by atoms with van der Waals surface area (Å²) in [7, 11) is 0. The lowest BCUT2D eigenvalue weighted by Crippen LogP contribution is -2.36. The molecular weight excluding hydrogens is 338 g/mol. The standard InChI is InChI=1S/C21H23N5O/c1-2-6-18-16(5-1)17(14-22-18)20-24-19-12-15(13-23-21(19)25-20)4-3-7-26-8-10-27-11-9-26/h1-2,5-6,12-14,22H,3-4,7-11H2,(H,23,24,25). The predicted molar refractivity (Wildman–Crippen MR) is 107 cm³/mol. The first-order valence-electron chi connectivity index (χ1n) is 9.58. The van der Waals surface area contributed by atoms with Crippen molar-refractivity contribution in [3.05, 3.63) is 48.3 Å². The lowest BCUT2D eigenvalue weighted by atomic mass is 10.1. The van der Waals surface area contributed by atoms with Crippen molar-refractivity contribution in [2.24, 2.45) is 0 Å². The number of morpholine rings is 1. The summed E-state index contributed by atoms with van der Waals surface area (Å²) in [5, 5.41) is 1.17. The number of nitrogens with zero attached hydrogens (tertiary/aromatic N) is 3. The predicted octanol–water partition coefficient (Wildman–Crippen LogP) is 3.37. The molecule has 138 valence electrons. The molecule has 3 aromatic heterocycles. The van der Waals surface area contributed by atoms with Gasteiger partial charge in [-0.05, 0) is 37.1 Å². The number of imidazole rings is 1. The molecular formula is C21H23N5O. The Morgan fingerprint density at radius 2 is 2.00 bits per heavy atom. The summed E-state index contributed by atoms with van der Waals surface area (Å²) in [6.07, 6.45) is 6.13. The number of aromatic nitrogens is 4. The van der Waals surface area contributed by atoms with E-state index in [0.29, 0.717) is 0 Å². The van der Waals surface area contributed by atoms with Crippen molar-refractivity contribution < 1.29 is 4.74 Å². The highest BCUT2D eigenvalue weighted by atomic mass is 16.5. The number of hydrogen-bond acceptors (Lipinski definition) is 4. The number of benzene rings is 1. The van der Waals surface area contributed by atoms with Gasteiger partial charge in [0.15, 0.2) is 5.65 Å². The summed E-state index contributed by atoms with van der Waals surface area (Å²) >= 11 is 0. The van der Waals surface area contributed by atoms with Gasteiger partial charge in [0.05, 0.1) is 18.7 Å². The number of rotatable bonds is 5. The first kappa shape index (κ1) is 16.5. The number of aromatic amines is 2. The molecule has 1 aliphatic heterocycles. The van der Waals surface area contributed by atoms with Gasteiger partial charge in [-0.1, -0.05) is 18.2 Å². The van der Waals surface area contributed by atoms with Crippen LogP contribution in [0.5, 0.6) is 0 Å². The van der Waals surface area contributed by atoms with E-state index in [4.69, 9.17) is 9.72 Å². The van der Waals surface area contributed by atoms with Crippen LogP contribution in [0.4, 0.5) is 0 Å². The minimum absolute atomic E-state index is 0.771. The number of aryl methyl sites for hydroxylation is 1. The van der Waals surface area contributed by atoms with Crippen LogP contribution < -0.4 is 0 Å². The summed E-state index contributed by atoms with van der Waals surface area (Å²) in [5.74, 6) is 0.861. The van der Waals surface area contributed by atoms with Crippen LogP contribution in [0.15, 0.2) is 42.7 Å². The van der Waals surface area contributed by atoms with Crippen LogP contribution in [0, 0.1) is 0 Å². The molecule has 5 rings (SSSR count). The lowest BCUT2D eigenvalue weighted by molar-refractivity contribution is 0.0374. The Kier molecular flexibility index (Phi) is 4.35. The summed E-state index contributed by atoms with van der Waals surface area (Å²) in [6, 6.07) is 10.5. The van der Waals surface area contributed by atoms with Gasteiger partial charge in [-0.25, -0.2) is 9.97 Å². The highest BCUT2D eigenvalue weighted by Crippen LogP contribution is 2.27. The highest BCUT2D eigenvalue weighted by Gasteiger charge is 2.12. The van der Waals surface area contributed by atoms with E-state index in [-0.39, 0.29) is 0 Å². The van der Waals surface area contributed by atoms with E-state index in [0.717, 1.165) is 73.8 Å². The molecule has 27 heavy (non-hydrogen) atoms. The maximum absolute atomic E-state index is 5.41. The van der Waals surface area contributed by atoms with Crippen molar-refractivity contribution in [1.82, 2.24) is 24.8 Å². The molecule has 0 saturated carbocycles. The van der Waals surface area contributed by atoms with Gasteiger partial charge in [-0.15, -0.1) is 0 Å². The zero-order valence-corrected chi connectivity index (χ0v) is 15.2. The van der Waals surface area contributed by atoms with Crippen LogP contribution in [0.1, 0.15) is 12.0 Å². The van der Waals surface area contributed by atoms with Gasteiger partial charge in [0, 0.05) is 41.9 Å². The van der Waals surface area contributed by atoms with Crippen LogP contribution in [-0.4, -0.2) is 57.7 Å². The van der Waals surface area contributed by atoms with Gasteiger partial charge in [0.25, 0.3) is 0 Å². The van der Waals surface area contributed by atoms with E-state index in [2.05, 4.69) is 38.1 Å². The molecule has 0 bridgehead atoms. The van der Waals surface area contributed by atoms with E-state index >= 15 is 0 Å². The monoisotopic (exact) mass is 361 g/mol. The van der Waals surface area contributed by atoms with Crippen molar-refractivity contribution in [1.29, 1.82) is 0 Å². The van der Waals surface area contributed by atoms with E-state index in [1.807, 2.05) is 24.5 Å². The molecule has 0 unspecified atom stereocenters. The molecule has 0 atom stereocenters. The number of H-pyrrole nitrogens is 2. The lowest BCUT2D eigenvalue weighted by Gasteiger charge is -2.26. The zero-order chi connectivity index (χ0) is 18.1. The Bertz CT molecular complexity index is 1060. The highest BCUT2D eigenvalue weighted by molar-refractivity contribution is 5.95. The third-order valence-corrected chi connectivity index (χ3v) is 5.28. The number of nitrogens with one attached hydrogen (secondary N) is 2. The number of fused-ring (bicyclic) bond motifs is 2. The molecule has 0 amide bonds. The van der Waals surface area contributed by atoms with Gasteiger partial charge in [0.1, 0.15) is 5.82 Å². The third-order valence-electron chi connectivity index (χ3n) is 5.28. The van der Waals surface area contributed by atoms with Crippen molar-refractivity contribution in [2.45, 2.75) is 12.8 Å². The number of pyridine rings is 1. The summed E-state index contributed by atoms with van der Waals surface area (Å²) in [4.78, 5) is 18.5. The normalized spacial score (nSPS) is 15.7. The zero-order valence-electron chi connectivity index (χ0n) is 15.2. The molecule has 6 nitrogen and oxygen atoms in total. The van der Waals surface area contributed by atoms with E-state index in [9.17, 15) is 0 Å². The fraction of sp³-hybridized carbons (Fsp3) is 0.333. The maximum Gasteiger partial charge on any atom is 0.178 e.